The minimum atomic E-state index is -0.999. The average Bonchev–Trinajstić information content (AvgIpc) is 3.01. The molecule has 0 aromatic heterocycles. The first-order valence-electron chi connectivity index (χ1n) is 15.2. The van der Waals surface area contributed by atoms with Crippen LogP contribution in [0.2, 0.25) is 0 Å². The Kier molecular flexibility index (Phi) is 9.69. The molecule has 2 aliphatic carbocycles. The van der Waals surface area contributed by atoms with Gasteiger partial charge in [-0.05, 0) is 123 Å². The largest absolute Gasteiger partial charge is 0.490 e. The Hall–Kier alpha value is -3.27. The van der Waals surface area contributed by atoms with Gasteiger partial charge < -0.3 is 4.74 Å². The summed E-state index contributed by atoms with van der Waals surface area (Å²) in [6, 6.07) is 15.5. The molecular weight excluding hydrogens is 517 g/mol. The second-order valence-electron chi connectivity index (χ2n) is 11.9. The first-order chi connectivity index (χ1) is 20.0. The lowest BCUT2D eigenvalue weighted by molar-refractivity contribution is 0.171. The van der Waals surface area contributed by atoms with Crippen LogP contribution in [0.4, 0.5) is 13.2 Å². The van der Waals surface area contributed by atoms with Crippen molar-refractivity contribution in [1.82, 2.24) is 0 Å². The highest BCUT2D eigenvalue weighted by molar-refractivity contribution is 5.71. The molecule has 0 aliphatic heterocycles. The first kappa shape index (κ1) is 29.2. The first-order valence-corrected chi connectivity index (χ1v) is 15.2. The van der Waals surface area contributed by atoms with E-state index in [2.05, 4.69) is 25.3 Å². The molecular formula is C37H41F3O. The molecule has 0 spiro atoms. The number of unbranched alkanes of at least 4 members (excludes halogenated alkanes) is 1. The van der Waals surface area contributed by atoms with E-state index < -0.39 is 11.6 Å². The van der Waals surface area contributed by atoms with Gasteiger partial charge in [0.1, 0.15) is 5.82 Å². The molecule has 0 heterocycles. The molecule has 2 saturated carbocycles. The molecule has 3 aromatic rings. The number of hydrogen-bond acceptors (Lipinski definition) is 1. The predicted molar refractivity (Wildman–Crippen MR) is 162 cm³/mol. The van der Waals surface area contributed by atoms with Crippen molar-refractivity contribution in [2.75, 3.05) is 6.61 Å². The topological polar surface area (TPSA) is 9.23 Å². The zero-order valence-electron chi connectivity index (χ0n) is 23.9. The third-order valence-corrected chi connectivity index (χ3v) is 9.42. The van der Waals surface area contributed by atoms with Crippen molar-refractivity contribution in [3.63, 3.8) is 0 Å². The fourth-order valence-electron chi connectivity index (χ4n) is 6.90. The Morgan fingerprint density at radius 1 is 0.707 bits per heavy atom. The van der Waals surface area contributed by atoms with Gasteiger partial charge in [-0.15, -0.1) is 13.2 Å². The molecule has 0 saturated heterocycles. The van der Waals surface area contributed by atoms with Crippen LogP contribution in [0.1, 0.15) is 75.7 Å². The summed E-state index contributed by atoms with van der Waals surface area (Å²) in [6.45, 7) is 7.91. The second-order valence-corrected chi connectivity index (χ2v) is 11.9. The Morgan fingerprint density at radius 3 is 1.93 bits per heavy atom. The van der Waals surface area contributed by atoms with Crippen molar-refractivity contribution in [2.24, 2.45) is 17.8 Å². The van der Waals surface area contributed by atoms with Gasteiger partial charge in [0, 0.05) is 11.1 Å². The maximum Gasteiger partial charge on any atom is 0.201 e. The van der Waals surface area contributed by atoms with E-state index >= 15 is 4.39 Å². The summed E-state index contributed by atoms with van der Waals surface area (Å²) in [4.78, 5) is 0. The molecule has 0 unspecified atom stereocenters. The number of benzene rings is 3. The van der Waals surface area contributed by atoms with Crippen LogP contribution in [0.15, 0.2) is 79.9 Å². The number of hydrogen-bond donors (Lipinski definition) is 0. The summed E-state index contributed by atoms with van der Waals surface area (Å²) < 4.78 is 50.2. The van der Waals surface area contributed by atoms with Crippen LogP contribution in [-0.4, -0.2) is 6.61 Å². The van der Waals surface area contributed by atoms with Crippen LogP contribution in [0, 0.1) is 35.2 Å². The van der Waals surface area contributed by atoms with Gasteiger partial charge in [-0.2, -0.15) is 4.39 Å². The zero-order chi connectivity index (χ0) is 28.8. The molecule has 3 aromatic carbocycles. The molecule has 5 rings (SSSR count). The lowest BCUT2D eigenvalue weighted by Gasteiger charge is -2.37. The molecule has 1 nitrogen and oxygen atoms in total. The average molecular weight is 559 g/mol. The Morgan fingerprint density at radius 2 is 1.32 bits per heavy atom. The summed E-state index contributed by atoms with van der Waals surface area (Å²) >= 11 is 0. The summed E-state index contributed by atoms with van der Waals surface area (Å²) in [5.74, 6) is 0.479. The smallest absolute Gasteiger partial charge is 0.201 e. The Balaban J connectivity index is 1.21. The molecule has 0 amide bonds. The maximum absolute atomic E-state index is 15.3. The monoisotopic (exact) mass is 558 g/mol. The molecule has 2 aliphatic rings. The SMILES string of the molecule is C=CCCCOc1ccc(-c2ccc(-c3ccc(C4CCC(C5CCC(C=C)CC5)CC4)cc3F)cc2)c(F)c1F. The third kappa shape index (κ3) is 6.80. The van der Waals surface area contributed by atoms with E-state index in [0.29, 0.717) is 41.6 Å². The van der Waals surface area contributed by atoms with Gasteiger partial charge in [-0.25, -0.2) is 8.78 Å². The van der Waals surface area contributed by atoms with Crippen molar-refractivity contribution < 1.29 is 17.9 Å². The minimum Gasteiger partial charge on any atom is -0.490 e. The van der Waals surface area contributed by atoms with E-state index in [1.807, 2.05) is 6.07 Å². The zero-order valence-corrected chi connectivity index (χ0v) is 23.9. The highest BCUT2D eigenvalue weighted by atomic mass is 19.2. The standard InChI is InChI=1S/C37H41F3O/c1-3-5-6-23-41-35-22-21-33(36(39)37(35)40)30-17-15-29(16-18-30)32-20-19-31(24-34(32)38)28-13-11-27(12-14-28)26-9-7-25(4-2)8-10-26/h3-4,15-22,24-28H,1-2,5-14,23H2. The van der Waals surface area contributed by atoms with Crippen LogP contribution in [0.5, 0.6) is 5.75 Å². The Labute approximate surface area is 243 Å². The van der Waals surface area contributed by atoms with Gasteiger partial charge >= 0.3 is 0 Å². The molecule has 0 atom stereocenters. The van der Waals surface area contributed by atoms with E-state index in [1.54, 1.807) is 36.4 Å². The van der Waals surface area contributed by atoms with Gasteiger partial charge in [-0.1, -0.05) is 48.6 Å². The second kappa shape index (κ2) is 13.6. The molecule has 0 bridgehead atoms. The molecule has 216 valence electrons. The van der Waals surface area contributed by atoms with Gasteiger partial charge in [0.25, 0.3) is 0 Å². The van der Waals surface area contributed by atoms with Gasteiger partial charge in [0.05, 0.1) is 6.61 Å². The van der Waals surface area contributed by atoms with Gasteiger partial charge in [-0.3, -0.25) is 0 Å². The molecule has 0 N–H and O–H groups in total. The minimum absolute atomic E-state index is 0.0989. The molecule has 2 fully saturated rings. The highest BCUT2D eigenvalue weighted by Gasteiger charge is 2.31. The number of ether oxygens (including phenoxy) is 1. The molecule has 4 heteroatoms. The predicted octanol–water partition coefficient (Wildman–Crippen LogP) is 11.0. The van der Waals surface area contributed by atoms with Crippen molar-refractivity contribution in [3.8, 4) is 28.0 Å². The van der Waals surface area contributed by atoms with Crippen LogP contribution in [0.25, 0.3) is 22.3 Å². The van der Waals surface area contributed by atoms with Gasteiger partial charge in [0.2, 0.25) is 5.82 Å². The summed E-state index contributed by atoms with van der Waals surface area (Å²) in [5.41, 5.74) is 2.98. The van der Waals surface area contributed by atoms with Crippen LogP contribution < -0.4 is 4.74 Å². The fraction of sp³-hybridized carbons (Fsp3) is 0.405. The van der Waals surface area contributed by atoms with Crippen molar-refractivity contribution in [2.45, 2.75) is 70.1 Å². The third-order valence-electron chi connectivity index (χ3n) is 9.42. The molecule has 41 heavy (non-hydrogen) atoms. The quantitative estimate of drug-likeness (QED) is 0.178. The number of allylic oxidation sites excluding steroid dienone is 2. The van der Waals surface area contributed by atoms with E-state index in [9.17, 15) is 8.78 Å². The van der Waals surface area contributed by atoms with Gasteiger partial charge in [0.15, 0.2) is 11.6 Å². The van der Waals surface area contributed by atoms with Crippen molar-refractivity contribution in [1.29, 1.82) is 0 Å². The van der Waals surface area contributed by atoms with Crippen LogP contribution in [-0.2, 0) is 0 Å². The van der Waals surface area contributed by atoms with E-state index in [-0.39, 0.29) is 17.1 Å². The fourth-order valence-corrected chi connectivity index (χ4v) is 6.90. The number of rotatable bonds is 10. The van der Waals surface area contributed by atoms with Crippen LogP contribution in [0.3, 0.4) is 0 Å². The number of halogens is 3. The highest BCUT2D eigenvalue weighted by Crippen LogP contribution is 2.44. The van der Waals surface area contributed by atoms with Crippen LogP contribution >= 0.6 is 0 Å². The maximum atomic E-state index is 15.3. The normalized spacial score (nSPS) is 22.7. The summed E-state index contributed by atoms with van der Waals surface area (Å²) in [6.07, 6.45) is 15.3. The molecule has 0 radical (unpaired) electrons. The summed E-state index contributed by atoms with van der Waals surface area (Å²) in [7, 11) is 0. The lowest BCUT2D eigenvalue weighted by Crippen LogP contribution is -2.25. The lowest BCUT2D eigenvalue weighted by atomic mass is 9.68. The van der Waals surface area contributed by atoms with E-state index in [4.69, 9.17) is 4.74 Å². The van der Waals surface area contributed by atoms with E-state index in [1.165, 1.54) is 50.7 Å². The van der Waals surface area contributed by atoms with Crippen molar-refractivity contribution >= 4 is 0 Å². The summed E-state index contributed by atoms with van der Waals surface area (Å²) in [5, 5.41) is 0. The van der Waals surface area contributed by atoms with E-state index in [0.717, 1.165) is 36.7 Å². The van der Waals surface area contributed by atoms with Crippen molar-refractivity contribution in [3.05, 3.63) is 103 Å². The Bertz CT molecular complexity index is 1330.